The molecule has 190 valence electrons. The highest BCUT2D eigenvalue weighted by Gasteiger charge is 2.39. The Labute approximate surface area is 206 Å². The Bertz CT molecular complexity index is 1360. The van der Waals surface area contributed by atoms with Gasteiger partial charge in [-0.15, -0.1) is 0 Å². The number of aromatic nitrogens is 2. The number of ether oxygens (including phenoxy) is 1. The summed E-state index contributed by atoms with van der Waals surface area (Å²) < 4.78 is 50.2. The first-order valence-electron chi connectivity index (χ1n) is 11.8. The van der Waals surface area contributed by atoms with Crippen molar-refractivity contribution in [2.24, 2.45) is 7.05 Å². The lowest BCUT2D eigenvalue weighted by Crippen LogP contribution is -2.55. The minimum atomic E-state index is -4.66. The summed E-state index contributed by atoms with van der Waals surface area (Å²) in [6, 6.07) is 3.36. The molecule has 36 heavy (non-hydrogen) atoms. The largest absolute Gasteiger partial charge is 0.507 e. The highest BCUT2D eigenvalue weighted by atomic mass is 19.4. The zero-order valence-corrected chi connectivity index (χ0v) is 20.1. The molecule has 5 rings (SSSR count). The van der Waals surface area contributed by atoms with Crippen LogP contribution in [-0.2, 0) is 31.0 Å². The first kappa shape index (κ1) is 24.2. The third-order valence-corrected chi connectivity index (χ3v) is 7.17. The number of phenols is 1. The second kappa shape index (κ2) is 8.85. The van der Waals surface area contributed by atoms with Gasteiger partial charge >= 0.3 is 6.18 Å². The second-order valence-electron chi connectivity index (χ2n) is 9.17. The first-order valence-corrected chi connectivity index (χ1v) is 11.8. The van der Waals surface area contributed by atoms with E-state index in [9.17, 15) is 23.1 Å². The fourth-order valence-corrected chi connectivity index (χ4v) is 5.50. The van der Waals surface area contributed by atoms with Gasteiger partial charge in [0.25, 0.3) is 0 Å². The van der Waals surface area contributed by atoms with Crippen LogP contribution >= 0.6 is 0 Å². The van der Waals surface area contributed by atoms with Crippen LogP contribution in [0.1, 0.15) is 23.6 Å². The molecule has 3 aromatic rings. The predicted molar refractivity (Wildman–Crippen MR) is 129 cm³/mol. The van der Waals surface area contributed by atoms with Gasteiger partial charge in [-0.2, -0.15) is 18.3 Å². The summed E-state index contributed by atoms with van der Waals surface area (Å²) in [7, 11) is 1.75. The summed E-state index contributed by atoms with van der Waals surface area (Å²) in [6.07, 6.45) is -1.42. The average molecular weight is 501 g/mol. The van der Waals surface area contributed by atoms with E-state index in [0.29, 0.717) is 54.8 Å². The fraction of sp³-hybridized carbons (Fsp3) is 0.385. The molecule has 10 heteroatoms. The standard InChI is InChI=1S/C26H27F3N4O3/c1-4-16-22(23-19(26(27,28)29)7-6-8-20(23)34)17-11-30-31(3)24(17)18-13-32-9-10-33(21(35)5-2)12-15(32)14-36-25(16)18/h5-8,11,15,34H,2,4,9-10,12-14H2,1,3H3/t15-/m1/s1. The number of alkyl halides is 3. The van der Waals surface area contributed by atoms with E-state index in [0.717, 1.165) is 11.6 Å². The van der Waals surface area contributed by atoms with Gasteiger partial charge in [0.2, 0.25) is 5.91 Å². The Morgan fingerprint density at radius 2 is 2.08 bits per heavy atom. The van der Waals surface area contributed by atoms with E-state index in [1.165, 1.54) is 18.2 Å². The Hall–Kier alpha value is -3.53. The van der Waals surface area contributed by atoms with Crippen LogP contribution in [0.2, 0.25) is 0 Å². The van der Waals surface area contributed by atoms with Crippen LogP contribution in [-0.4, -0.2) is 62.9 Å². The Kier molecular flexibility index (Phi) is 5.94. The number of aryl methyl sites for hydroxylation is 1. The topological polar surface area (TPSA) is 70.8 Å². The number of aromatic hydroxyl groups is 1. The van der Waals surface area contributed by atoms with Gasteiger partial charge in [0.15, 0.2) is 0 Å². The molecule has 0 radical (unpaired) electrons. The van der Waals surface area contributed by atoms with Crippen LogP contribution < -0.4 is 4.74 Å². The van der Waals surface area contributed by atoms with Gasteiger partial charge in [-0.25, -0.2) is 0 Å². The average Bonchev–Trinajstić information content (AvgIpc) is 3.12. The number of fused-ring (bicyclic) bond motifs is 4. The number of phenolic OH excluding ortho intramolecular Hbond substituents is 1. The minimum absolute atomic E-state index is 0.0812. The van der Waals surface area contributed by atoms with E-state index in [-0.39, 0.29) is 29.7 Å². The number of piperazine rings is 1. The Morgan fingerprint density at radius 1 is 1.31 bits per heavy atom. The quantitative estimate of drug-likeness (QED) is 0.548. The van der Waals surface area contributed by atoms with E-state index in [4.69, 9.17) is 4.74 Å². The maximum absolute atomic E-state index is 14.1. The summed E-state index contributed by atoms with van der Waals surface area (Å²) in [6.45, 7) is 7.87. The number of hydrogen-bond donors (Lipinski definition) is 1. The van der Waals surface area contributed by atoms with Gasteiger partial charge in [0.05, 0.1) is 23.3 Å². The molecule has 2 aliphatic rings. The minimum Gasteiger partial charge on any atom is -0.507 e. The lowest BCUT2D eigenvalue weighted by atomic mass is 9.87. The maximum atomic E-state index is 14.1. The van der Waals surface area contributed by atoms with Gasteiger partial charge in [-0.1, -0.05) is 19.6 Å². The lowest BCUT2D eigenvalue weighted by molar-refractivity contribution is -0.137. The number of hydrogen-bond acceptors (Lipinski definition) is 5. The molecular formula is C26H27F3N4O3. The van der Waals surface area contributed by atoms with Gasteiger partial charge in [0, 0.05) is 60.9 Å². The molecule has 7 nitrogen and oxygen atoms in total. The van der Waals surface area contributed by atoms with Crippen molar-refractivity contribution in [3.05, 3.63) is 53.7 Å². The number of carbonyl (C=O) groups excluding carboxylic acids is 1. The normalized spacial score (nSPS) is 18.4. The number of benzene rings is 2. The molecule has 1 aromatic heterocycles. The molecule has 0 bridgehead atoms. The summed E-state index contributed by atoms with van der Waals surface area (Å²) >= 11 is 0. The Balaban J connectivity index is 1.73. The van der Waals surface area contributed by atoms with Crippen LogP contribution in [0, 0.1) is 0 Å². The van der Waals surface area contributed by atoms with Crippen molar-refractivity contribution in [3.63, 3.8) is 0 Å². The predicted octanol–water partition coefficient (Wildman–Crippen LogP) is 4.12. The van der Waals surface area contributed by atoms with E-state index in [2.05, 4.69) is 16.6 Å². The summed E-state index contributed by atoms with van der Waals surface area (Å²) in [5.74, 6) is -0.0635. The SMILES string of the molecule is C=CC(=O)N1CCN2Cc3c(c(CC)c(-c4c(O)cccc4C(F)(F)F)c4cnn(C)c34)OC[C@H]2C1. The van der Waals surface area contributed by atoms with Crippen LogP contribution in [0.5, 0.6) is 11.5 Å². The van der Waals surface area contributed by atoms with Crippen molar-refractivity contribution in [1.29, 1.82) is 0 Å². The smallest absolute Gasteiger partial charge is 0.417 e. The van der Waals surface area contributed by atoms with E-state index < -0.39 is 17.5 Å². The highest BCUT2D eigenvalue weighted by Crippen LogP contribution is 2.49. The monoisotopic (exact) mass is 500 g/mol. The molecule has 2 aromatic carbocycles. The molecule has 2 aliphatic heterocycles. The number of carbonyl (C=O) groups is 1. The van der Waals surface area contributed by atoms with Gasteiger partial charge in [-0.3, -0.25) is 14.4 Å². The van der Waals surface area contributed by atoms with Crippen molar-refractivity contribution in [1.82, 2.24) is 19.6 Å². The number of nitrogens with zero attached hydrogens (tertiary/aromatic N) is 4. The fourth-order valence-electron chi connectivity index (χ4n) is 5.50. The number of rotatable bonds is 3. The van der Waals surface area contributed by atoms with Crippen LogP contribution in [0.3, 0.4) is 0 Å². The lowest BCUT2D eigenvalue weighted by Gasteiger charge is -2.39. The van der Waals surface area contributed by atoms with Crippen LogP contribution in [0.15, 0.2) is 37.1 Å². The molecule has 1 saturated heterocycles. The van der Waals surface area contributed by atoms with Crippen LogP contribution in [0.25, 0.3) is 22.0 Å². The van der Waals surface area contributed by atoms with Crippen molar-refractivity contribution in [2.45, 2.75) is 32.1 Å². The summed E-state index contributed by atoms with van der Waals surface area (Å²) in [4.78, 5) is 16.2. The third kappa shape index (κ3) is 3.80. The zero-order chi connectivity index (χ0) is 25.8. The van der Waals surface area contributed by atoms with Crippen molar-refractivity contribution in [3.8, 4) is 22.6 Å². The second-order valence-corrected chi connectivity index (χ2v) is 9.17. The van der Waals surface area contributed by atoms with Gasteiger partial charge in [0.1, 0.15) is 18.1 Å². The Morgan fingerprint density at radius 3 is 2.78 bits per heavy atom. The highest BCUT2D eigenvalue weighted by molar-refractivity contribution is 6.02. The van der Waals surface area contributed by atoms with Crippen LogP contribution in [0.4, 0.5) is 13.2 Å². The van der Waals surface area contributed by atoms with Crippen molar-refractivity contribution in [2.75, 3.05) is 26.2 Å². The molecule has 3 heterocycles. The molecule has 0 unspecified atom stereocenters. The zero-order valence-electron chi connectivity index (χ0n) is 20.1. The van der Waals surface area contributed by atoms with E-state index in [1.54, 1.807) is 22.8 Å². The molecular weight excluding hydrogens is 473 g/mol. The molecule has 1 fully saturated rings. The summed E-state index contributed by atoms with van der Waals surface area (Å²) in [5, 5.41) is 15.6. The number of halogens is 3. The molecule has 1 amide bonds. The van der Waals surface area contributed by atoms with Crippen molar-refractivity contribution >= 4 is 16.8 Å². The summed E-state index contributed by atoms with van der Waals surface area (Å²) in [5.41, 5.74) is 1.21. The first-order chi connectivity index (χ1) is 17.2. The molecule has 0 spiro atoms. The molecule has 0 aliphatic carbocycles. The molecule has 0 saturated carbocycles. The van der Waals surface area contributed by atoms with E-state index in [1.807, 2.05) is 6.92 Å². The molecule has 1 N–H and O–H groups in total. The maximum Gasteiger partial charge on any atom is 0.417 e. The molecule has 1 atom stereocenters. The third-order valence-electron chi connectivity index (χ3n) is 7.17. The van der Waals surface area contributed by atoms with Crippen molar-refractivity contribution < 1.29 is 27.8 Å². The van der Waals surface area contributed by atoms with Gasteiger partial charge in [-0.05, 0) is 24.6 Å². The van der Waals surface area contributed by atoms with E-state index >= 15 is 0 Å². The van der Waals surface area contributed by atoms with Gasteiger partial charge < -0.3 is 14.7 Å². The number of amides is 1.